The summed E-state index contributed by atoms with van der Waals surface area (Å²) in [7, 11) is 0. The number of hydrogen-bond acceptors (Lipinski definition) is 2. The van der Waals surface area contributed by atoms with Crippen LogP contribution in [0.4, 0.5) is 0 Å². The van der Waals surface area contributed by atoms with E-state index in [1.807, 2.05) is 25.1 Å². The molecule has 1 fully saturated rings. The number of nitrogens with two attached hydrogens (primary N) is 1. The third-order valence-corrected chi connectivity index (χ3v) is 3.48. The first kappa shape index (κ1) is 12.1. The van der Waals surface area contributed by atoms with Gasteiger partial charge in [-0.2, -0.15) is 0 Å². The maximum Gasteiger partial charge on any atom is 0.240 e. The van der Waals surface area contributed by atoms with Gasteiger partial charge in [0, 0.05) is 6.54 Å². The number of nitrogens with one attached hydrogen (secondary N) is 1. The zero-order chi connectivity index (χ0) is 12.3. The third-order valence-electron chi connectivity index (χ3n) is 3.48. The molecule has 0 heterocycles. The van der Waals surface area contributed by atoms with Crippen molar-refractivity contribution >= 4 is 5.91 Å². The molecule has 1 aromatic rings. The van der Waals surface area contributed by atoms with Crippen LogP contribution in [-0.4, -0.2) is 11.4 Å². The molecule has 3 N–H and O–H groups in total. The van der Waals surface area contributed by atoms with Gasteiger partial charge in [-0.05, 0) is 25.3 Å². The Kier molecular flexibility index (Phi) is 3.48. The van der Waals surface area contributed by atoms with Gasteiger partial charge in [0.25, 0.3) is 0 Å². The van der Waals surface area contributed by atoms with Gasteiger partial charge in [-0.15, -0.1) is 0 Å². The summed E-state index contributed by atoms with van der Waals surface area (Å²) in [5, 5.41) is 2.94. The molecule has 3 nitrogen and oxygen atoms in total. The third kappa shape index (κ3) is 2.86. The summed E-state index contributed by atoms with van der Waals surface area (Å²) in [5.74, 6) is -0.00324. The van der Waals surface area contributed by atoms with E-state index in [0.717, 1.165) is 31.2 Å². The molecule has 3 heteroatoms. The van der Waals surface area contributed by atoms with Crippen molar-refractivity contribution < 1.29 is 4.79 Å². The second kappa shape index (κ2) is 4.88. The van der Waals surface area contributed by atoms with Gasteiger partial charge in [-0.25, -0.2) is 0 Å². The maximum absolute atomic E-state index is 12.0. The molecule has 0 spiro atoms. The standard InChI is InChI=1S/C14H20N2O/c1-11-5-4-6-12(9-11)10-16-13(17)14(15)7-2-3-8-14/h4-6,9H,2-3,7-8,10,15H2,1H3,(H,16,17). The van der Waals surface area contributed by atoms with Gasteiger partial charge < -0.3 is 11.1 Å². The lowest BCUT2D eigenvalue weighted by Crippen LogP contribution is -2.51. The fourth-order valence-corrected chi connectivity index (χ4v) is 2.41. The summed E-state index contributed by atoms with van der Waals surface area (Å²) in [5.41, 5.74) is 7.80. The van der Waals surface area contributed by atoms with E-state index in [2.05, 4.69) is 11.4 Å². The first-order valence-electron chi connectivity index (χ1n) is 6.23. The van der Waals surface area contributed by atoms with E-state index in [-0.39, 0.29) is 5.91 Å². The van der Waals surface area contributed by atoms with Crippen molar-refractivity contribution in [2.75, 3.05) is 0 Å². The molecule has 0 saturated heterocycles. The smallest absolute Gasteiger partial charge is 0.240 e. The van der Waals surface area contributed by atoms with Crippen molar-refractivity contribution in [1.29, 1.82) is 0 Å². The molecule has 92 valence electrons. The highest BCUT2D eigenvalue weighted by molar-refractivity contribution is 5.86. The number of benzene rings is 1. The van der Waals surface area contributed by atoms with Crippen LogP contribution in [-0.2, 0) is 11.3 Å². The lowest BCUT2D eigenvalue weighted by molar-refractivity contribution is -0.126. The molecule has 1 aliphatic rings. The topological polar surface area (TPSA) is 55.1 Å². The number of aryl methyl sites for hydroxylation is 1. The Balaban J connectivity index is 1.92. The Bertz CT molecular complexity index is 408. The zero-order valence-corrected chi connectivity index (χ0v) is 10.3. The monoisotopic (exact) mass is 232 g/mol. The highest BCUT2D eigenvalue weighted by atomic mass is 16.2. The first-order valence-corrected chi connectivity index (χ1v) is 6.23. The van der Waals surface area contributed by atoms with Crippen molar-refractivity contribution in [3.63, 3.8) is 0 Å². The van der Waals surface area contributed by atoms with Crippen molar-refractivity contribution in [3.05, 3.63) is 35.4 Å². The van der Waals surface area contributed by atoms with Crippen molar-refractivity contribution in [1.82, 2.24) is 5.32 Å². The van der Waals surface area contributed by atoms with E-state index in [1.165, 1.54) is 5.56 Å². The second-order valence-electron chi connectivity index (χ2n) is 5.03. The van der Waals surface area contributed by atoms with Gasteiger partial charge in [0.05, 0.1) is 5.54 Å². The van der Waals surface area contributed by atoms with E-state index >= 15 is 0 Å². The molecule has 1 aromatic carbocycles. The van der Waals surface area contributed by atoms with Crippen LogP contribution in [0.25, 0.3) is 0 Å². The van der Waals surface area contributed by atoms with Gasteiger partial charge in [-0.1, -0.05) is 42.7 Å². The van der Waals surface area contributed by atoms with Crippen LogP contribution < -0.4 is 11.1 Å². The minimum Gasteiger partial charge on any atom is -0.350 e. The van der Waals surface area contributed by atoms with Gasteiger partial charge in [-0.3, -0.25) is 4.79 Å². The van der Waals surface area contributed by atoms with Gasteiger partial charge >= 0.3 is 0 Å². The van der Waals surface area contributed by atoms with E-state index in [9.17, 15) is 4.79 Å². The predicted molar refractivity (Wildman–Crippen MR) is 68.4 cm³/mol. The number of amides is 1. The van der Waals surface area contributed by atoms with E-state index in [4.69, 9.17) is 5.73 Å². The number of carbonyl (C=O) groups excluding carboxylic acids is 1. The SMILES string of the molecule is Cc1cccc(CNC(=O)C2(N)CCCC2)c1. The molecule has 1 amide bonds. The van der Waals surface area contributed by atoms with E-state index in [0.29, 0.717) is 6.54 Å². The molecule has 0 aromatic heterocycles. The molecule has 17 heavy (non-hydrogen) atoms. The predicted octanol–water partition coefficient (Wildman–Crippen LogP) is 1.88. The Labute approximate surface area is 102 Å². The molecular weight excluding hydrogens is 212 g/mol. The van der Waals surface area contributed by atoms with E-state index in [1.54, 1.807) is 0 Å². The normalized spacial score (nSPS) is 18.0. The summed E-state index contributed by atoms with van der Waals surface area (Å²) in [4.78, 5) is 12.0. The van der Waals surface area contributed by atoms with Crippen LogP contribution in [0.15, 0.2) is 24.3 Å². The minimum absolute atomic E-state index is 0.00324. The van der Waals surface area contributed by atoms with Crippen molar-refractivity contribution in [2.45, 2.75) is 44.7 Å². The van der Waals surface area contributed by atoms with Crippen molar-refractivity contribution in [3.8, 4) is 0 Å². The molecule has 0 aliphatic heterocycles. The summed E-state index contributed by atoms with van der Waals surface area (Å²) >= 11 is 0. The highest BCUT2D eigenvalue weighted by Crippen LogP contribution is 2.27. The van der Waals surface area contributed by atoms with E-state index < -0.39 is 5.54 Å². The fourth-order valence-electron chi connectivity index (χ4n) is 2.41. The second-order valence-corrected chi connectivity index (χ2v) is 5.03. The molecule has 0 radical (unpaired) electrons. The molecule has 2 rings (SSSR count). The lowest BCUT2D eigenvalue weighted by atomic mass is 9.98. The Hall–Kier alpha value is -1.35. The molecule has 1 aliphatic carbocycles. The highest BCUT2D eigenvalue weighted by Gasteiger charge is 2.36. The van der Waals surface area contributed by atoms with Gasteiger partial charge in [0.2, 0.25) is 5.91 Å². The fraction of sp³-hybridized carbons (Fsp3) is 0.500. The summed E-state index contributed by atoms with van der Waals surface area (Å²) in [6.07, 6.45) is 3.75. The minimum atomic E-state index is -0.621. The molecule has 0 unspecified atom stereocenters. The number of carbonyl (C=O) groups is 1. The summed E-state index contributed by atoms with van der Waals surface area (Å²) in [6.45, 7) is 2.62. The maximum atomic E-state index is 12.0. The quantitative estimate of drug-likeness (QED) is 0.836. The molecule has 0 atom stereocenters. The average molecular weight is 232 g/mol. The van der Waals surface area contributed by atoms with Crippen LogP contribution in [0.5, 0.6) is 0 Å². The van der Waals surface area contributed by atoms with Crippen LogP contribution >= 0.6 is 0 Å². The average Bonchev–Trinajstić information content (AvgIpc) is 2.74. The van der Waals surface area contributed by atoms with Gasteiger partial charge in [0.1, 0.15) is 0 Å². The number of hydrogen-bond donors (Lipinski definition) is 2. The largest absolute Gasteiger partial charge is 0.350 e. The summed E-state index contributed by atoms with van der Waals surface area (Å²) < 4.78 is 0. The zero-order valence-electron chi connectivity index (χ0n) is 10.3. The van der Waals surface area contributed by atoms with Crippen LogP contribution in [0.3, 0.4) is 0 Å². The molecular formula is C14H20N2O. The Morgan fingerprint density at radius 2 is 2.12 bits per heavy atom. The van der Waals surface area contributed by atoms with Crippen LogP contribution in [0.2, 0.25) is 0 Å². The lowest BCUT2D eigenvalue weighted by Gasteiger charge is -2.22. The first-order chi connectivity index (χ1) is 8.10. The molecule has 0 bridgehead atoms. The summed E-state index contributed by atoms with van der Waals surface area (Å²) in [6, 6.07) is 8.15. The van der Waals surface area contributed by atoms with Gasteiger partial charge in [0.15, 0.2) is 0 Å². The molecule has 1 saturated carbocycles. The number of rotatable bonds is 3. The Morgan fingerprint density at radius 3 is 2.76 bits per heavy atom. The van der Waals surface area contributed by atoms with Crippen molar-refractivity contribution in [2.24, 2.45) is 5.73 Å². The van der Waals surface area contributed by atoms with Crippen LogP contribution in [0.1, 0.15) is 36.8 Å². The Morgan fingerprint density at radius 1 is 1.41 bits per heavy atom. The van der Waals surface area contributed by atoms with Crippen LogP contribution in [0, 0.1) is 6.92 Å².